The van der Waals surface area contributed by atoms with E-state index in [0.717, 1.165) is 16.9 Å². The zero-order chi connectivity index (χ0) is 18.2. The SMILES string of the molecule is CC[C@@H](Oc1ccc(C)cc1)C(=O)NCc1cccc(OC(C)C)c1. The van der Waals surface area contributed by atoms with Crippen molar-refractivity contribution in [3.05, 3.63) is 59.7 Å². The summed E-state index contributed by atoms with van der Waals surface area (Å²) in [6.07, 6.45) is 0.228. The first-order valence-electron chi connectivity index (χ1n) is 8.74. The Bertz CT molecular complexity index is 680. The smallest absolute Gasteiger partial charge is 0.261 e. The molecule has 4 nitrogen and oxygen atoms in total. The van der Waals surface area contributed by atoms with E-state index in [0.29, 0.717) is 18.7 Å². The van der Waals surface area contributed by atoms with Crippen LogP contribution in [0.1, 0.15) is 38.3 Å². The predicted octanol–water partition coefficient (Wildman–Crippen LogP) is 4.26. The number of aryl methyl sites for hydroxylation is 1. The summed E-state index contributed by atoms with van der Waals surface area (Å²) in [6, 6.07) is 15.5. The summed E-state index contributed by atoms with van der Waals surface area (Å²) in [5.41, 5.74) is 2.16. The van der Waals surface area contributed by atoms with Crippen molar-refractivity contribution in [3.8, 4) is 11.5 Å². The molecule has 2 aromatic rings. The summed E-state index contributed by atoms with van der Waals surface area (Å²) >= 11 is 0. The summed E-state index contributed by atoms with van der Waals surface area (Å²) in [6.45, 7) is 8.38. The zero-order valence-corrected chi connectivity index (χ0v) is 15.4. The van der Waals surface area contributed by atoms with E-state index in [1.54, 1.807) is 0 Å². The lowest BCUT2D eigenvalue weighted by molar-refractivity contribution is -0.128. The number of ether oxygens (including phenoxy) is 2. The molecule has 0 unspecified atom stereocenters. The molecule has 0 aliphatic rings. The van der Waals surface area contributed by atoms with E-state index in [1.807, 2.05) is 76.2 Å². The lowest BCUT2D eigenvalue weighted by atomic mass is 10.2. The molecule has 1 amide bonds. The average Bonchev–Trinajstić information content (AvgIpc) is 2.59. The van der Waals surface area contributed by atoms with Crippen LogP contribution < -0.4 is 14.8 Å². The van der Waals surface area contributed by atoms with Gasteiger partial charge in [0, 0.05) is 6.54 Å². The van der Waals surface area contributed by atoms with Crippen LogP contribution in [0.25, 0.3) is 0 Å². The van der Waals surface area contributed by atoms with Gasteiger partial charge < -0.3 is 14.8 Å². The fourth-order valence-corrected chi connectivity index (χ4v) is 2.41. The van der Waals surface area contributed by atoms with Crippen LogP contribution in [-0.4, -0.2) is 18.1 Å². The van der Waals surface area contributed by atoms with Crippen molar-refractivity contribution in [2.75, 3.05) is 0 Å². The van der Waals surface area contributed by atoms with Gasteiger partial charge in [0.15, 0.2) is 6.10 Å². The minimum Gasteiger partial charge on any atom is -0.491 e. The molecule has 1 atom stereocenters. The van der Waals surface area contributed by atoms with E-state index in [4.69, 9.17) is 9.47 Å². The Labute approximate surface area is 150 Å². The van der Waals surface area contributed by atoms with E-state index < -0.39 is 6.10 Å². The number of amides is 1. The summed E-state index contributed by atoms with van der Waals surface area (Å²) in [7, 11) is 0. The number of hydrogen-bond acceptors (Lipinski definition) is 3. The van der Waals surface area contributed by atoms with E-state index in [1.165, 1.54) is 0 Å². The van der Waals surface area contributed by atoms with Crippen molar-refractivity contribution in [1.29, 1.82) is 0 Å². The van der Waals surface area contributed by atoms with Crippen molar-refractivity contribution >= 4 is 5.91 Å². The zero-order valence-electron chi connectivity index (χ0n) is 15.4. The standard InChI is InChI=1S/C21H27NO3/c1-5-20(25-18-11-9-16(4)10-12-18)21(23)22-14-17-7-6-8-19(13-17)24-15(2)3/h6-13,15,20H,5,14H2,1-4H3,(H,22,23)/t20-/m1/s1. The van der Waals surface area contributed by atoms with Crippen molar-refractivity contribution < 1.29 is 14.3 Å². The van der Waals surface area contributed by atoms with Crippen LogP contribution in [0, 0.1) is 6.92 Å². The van der Waals surface area contributed by atoms with E-state index >= 15 is 0 Å². The molecule has 0 aliphatic heterocycles. The van der Waals surface area contributed by atoms with Crippen LogP contribution in [0.4, 0.5) is 0 Å². The fourth-order valence-electron chi connectivity index (χ4n) is 2.41. The average molecular weight is 341 g/mol. The Hall–Kier alpha value is -2.49. The van der Waals surface area contributed by atoms with Crippen LogP contribution in [0.3, 0.4) is 0 Å². The molecule has 2 rings (SSSR count). The molecule has 0 saturated carbocycles. The Morgan fingerprint density at radius 2 is 1.76 bits per heavy atom. The Morgan fingerprint density at radius 3 is 2.40 bits per heavy atom. The summed E-state index contributed by atoms with van der Waals surface area (Å²) in [5.74, 6) is 1.41. The number of benzene rings is 2. The molecule has 0 fully saturated rings. The predicted molar refractivity (Wildman–Crippen MR) is 99.9 cm³/mol. The van der Waals surface area contributed by atoms with Crippen LogP contribution in [0.15, 0.2) is 48.5 Å². The maximum Gasteiger partial charge on any atom is 0.261 e. The topological polar surface area (TPSA) is 47.6 Å². The Balaban J connectivity index is 1.92. The number of rotatable bonds is 8. The molecule has 0 heterocycles. The largest absolute Gasteiger partial charge is 0.491 e. The molecule has 2 aromatic carbocycles. The highest BCUT2D eigenvalue weighted by Gasteiger charge is 2.18. The highest BCUT2D eigenvalue weighted by atomic mass is 16.5. The quantitative estimate of drug-likeness (QED) is 0.780. The lowest BCUT2D eigenvalue weighted by Gasteiger charge is -2.18. The molecule has 134 valence electrons. The van der Waals surface area contributed by atoms with Crippen molar-refractivity contribution in [1.82, 2.24) is 5.32 Å². The van der Waals surface area contributed by atoms with Gasteiger partial charge in [-0.2, -0.15) is 0 Å². The second-order valence-corrected chi connectivity index (χ2v) is 6.36. The number of carbonyl (C=O) groups is 1. The van der Waals surface area contributed by atoms with Crippen molar-refractivity contribution in [2.24, 2.45) is 0 Å². The molecule has 1 N–H and O–H groups in total. The lowest BCUT2D eigenvalue weighted by Crippen LogP contribution is -2.37. The summed E-state index contributed by atoms with van der Waals surface area (Å²) in [4.78, 5) is 12.4. The van der Waals surface area contributed by atoms with Crippen LogP contribution in [0.2, 0.25) is 0 Å². The maximum atomic E-state index is 12.4. The van der Waals surface area contributed by atoms with E-state index in [9.17, 15) is 4.79 Å². The first kappa shape index (κ1) is 18.8. The van der Waals surface area contributed by atoms with Crippen LogP contribution >= 0.6 is 0 Å². The van der Waals surface area contributed by atoms with Gasteiger partial charge in [-0.15, -0.1) is 0 Å². The molecule has 0 aromatic heterocycles. The highest BCUT2D eigenvalue weighted by Crippen LogP contribution is 2.16. The highest BCUT2D eigenvalue weighted by molar-refractivity contribution is 5.81. The van der Waals surface area contributed by atoms with Gasteiger partial charge in [-0.1, -0.05) is 36.8 Å². The molecular weight excluding hydrogens is 314 g/mol. The van der Waals surface area contributed by atoms with Gasteiger partial charge in [-0.25, -0.2) is 0 Å². The normalized spacial score (nSPS) is 11.9. The van der Waals surface area contributed by atoms with Gasteiger partial charge in [0.05, 0.1) is 6.10 Å². The molecule has 0 aliphatic carbocycles. The van der Waals surface area contributed by atoms with Gasteiger partial charge in [0.1, 0.15) is 11.5 Å². The van der Waals surface area contributed by atoms with Crippen LogP contribution in [-0.2, 0) is 11.3 Å². The van der Waals surface area contributed by atoms with Crippen molar-refractivity contribution in [2.45, 2.75) is 52.9 Å². The summed E-state index contributed by atoms with van der Waals surface area (Å²) < 4.78 is 11.5. The monoisotopic (exact) mass is 341 g/mol. The van der Waals surface area contributed by atoms with Crippen molar-refractivity contribution in [3.63, 3.8) is 0 Å². The first-order chi connectivity index (χ1) is 12.0. The molecule has 0 spiro atoms. The van der Waals surface area contributed by atoms with Gasteiger partial charge in [0.25, 0.3) is 5.91 Å². The first-order valence-corrected chi connectivity index (χ1v) is 8.74. The third kappa shape index (κ3) is 6.14. The minimum atomic E-state index is -0.502. The molecule has 25 heavy (non-hydrogen) atoms. The van der Waals surface area contributed by atoms with Gasteiger partial charge in [-0.05, 0) is 57.0 Å². The Kier molecular flexibility index (Phi) is 6.87. The molecule has 0 bridgehead atoms. The van der Waals surface area contributed by atoms with Gasteiger partial charge in [-0.3, -0.25) is 4.79 Å². The van der Waals surface area contributed by atoms with Gasteiger partial charge >= 0.3 is 0 Å². The molecule has 4 heteroatoms. The van der Waals surface area contributed by atoms with E-state index in [-0.39, 0.29) is 12.0 Å². The Morgan fingerprint density at radius 1 is 1.04 bits per heavy atom. The number of carbonyl (C=O) groups excluding carboxylic acids is 1. The fraction of sp³-hybridized carbons (Fsp3) is 0.381. The van der Waals surface area contributed by atoms with Gasteiger partial charge in [0.2, 0.25) is 0 Å². The molecular formula is C21H27NO3. The minimum absolute atomic E-state index is 0.113. The number of hydrogen-bond donors (Lipinski definition) is 1. The number of nitrogens with one attached hydrogen (secondary N) is 1. The third-order valence-corrected chi connectivity index (χ3v) is 3.70. The second kappa shape index (κ2) is 9.11. The van der Waals surface area contributed by atoms with E-state index in [2.05, 4.69) is 5.32 Å². The third-order valence-electron chi connectivity index (χ3n) is 3.70. The molecule has 0 saturated heterocycles. The maximum absolute atomic E-state index is 12.4. The second-order valence-electron chi connectivity index (χ2n) is 6.36. The molecule has 0 radical (unpaired) electrons. The van der Waals surface area contributed by atoms with Crippen LogP contribution in [0.5, 0.6) is 11.5 Å². The summed E-state index contributed by atoms with van der Waals surface area (Å²) in [5, 5.41) is 2.94.